The lowest BCUT2D eigenvalue weighted by Crippen LogP contribution is -2.09. The number of rotatable bonds is 4. The van der Waals surface area contributed by atoms with Gasteiger partial charge < -0.3 is 14.8 Å². The summed E-state index contributed by atoms with van der Waals surface area (Å²) < 4.78 is 12.0. The molecule has 0 fully saturated rings. The molecule has 1 aliphatic rings. The van der Waals surface area contributed by atoms with Crippen LogP contribution in [0.2, 0.25) is 0 Å². The molecule has 0 bridgehead atoms. The molecule has 0 aromatic heterocycles. The number of esters is 1. The van der Waals surface area contributed by atoms with Crippen LogP contribution >= 0.6 is 15.9 Å². The smallest absolute Gasteiger partial charge is 0.303 e. The summed E-state index contributed by atoms with van der Waals surface area (Å²) in [6.07, 6.45) is -0.302. The van der Waals surface area contributed by atoms with E-state index in [0.29, 0.717) is 6.61 Å². The molecular weight excluding hydrogens is 358 g/mol. The average Bonchev–Trinajstić information content (AvgIpc) is 2.90. The van der Waals surface area contributed by atoms with Crippen LogP contribution < -0.4 is 10.1 Å². The highest BCUT2D eigenvalue weighted by Crippen LogP contribution is 2.36. The van der Waals surface area contributed by atoms with E-state index < -0.39 is 0 Å². The fraction of sp³-hybridized carbons (Fsp3) is 0.278. The van der Waals surface area contributed by atoms with Crippen LogP contribution in [0, 0.1) is 6.92 Å². The molecule has 1 atom stereocenters. The van der Waals surface area contributed by atoms with Crippen molar-refractivity contribution in [3.63, 3.8) is 0 Å². The van der Waals surface area contributed by atoms with Gasteiger partial charge in [0.25, 0.3) is 0 Å². The van der Waals surface area contributed by atoms with Crippen molar-refractivity contribution in [1.82, 2.24) is 0 Å². The van der Waals surface area contributed by atoms with Crippen molar-refractivity contribution in [2.75, 3.05) is 11.9 Å². The minimum atomic E-state index is -0.302. The first-order valence-electron chi connectivity index (χ1n) is 7.46. The van der Waals surface area contributed by atoms with E-state index in [-0.39, 0.29) is 12.1 Å². The summed E-state index contributed by atoms with van der Waals surface area (Å²) in [5.41, 5.74) is 4.36. The van der Waals surface area contributed by atoms with Gasteiger partial charge in [-0.15, -0.1) is 0 Å². The van der Waals surface area contributed by atoms with Crippen LogP contribution in [0.4, 0.5) is 5.69 Å². The normalized spacial score (nSPS) is 15.7. The zero-order chi connectivity index (χ0) is 16.4. The van der Waals surface area contributed by atoms with Crippen LogP contribution in [-0.2, 0) is 16.1 Å². The minimum Gasteiger partial charge on any atom is -0.489 e. The first kappa shape index (κ1) is 15.9. The van der Waals surface area contributed by atoms with E-state index in [2.05, 4.69) is 34.2 Å². The van der Waals surface area contributed by atoms with Gasteiger partial charge in [-0.25, -0.2) is 0 Å². The molecule has 0 spiro atoms. The van der Waals surface area contributed by atoms with Crippen molar-refractivity contribution in [2.45, 2.75) is 26.5 Å². The van der Waals surface area contributed by atoms with Gasteiger partial charge in [0.1, 0.15) is 12.4 Å². The third-order valence-electron chi connectivity index (χ3n) is 3.92. The van der Waals surface area contributed by atoms with Gasteiger partial charge in [-0.1, -0.05) is 28.1 Å². The molecule has 5 heteroatoms. The summed E-state index contributed by atoms with van der Waals surface area (Å²) in [6, 6.07) is 12.1. The van der Waals surface area contributed by atoms with E-state index in [1.165, 1.54) is 18.1 Å². The lowest BCUT2D eigenvalue weighted by molar-refractivity contribution is -0.147. The number of carbonyl (C=O) groups excluding carboxylic acids is 1. The molecule has 1 N–H and O–H groups in total. The first-order valence-corrected chi connectivity index (χ1v) is 8.25. The number of nitrogens with one attached hydrogen (secondary N) is 1. The highest BCUT2D eigenvalue weighted by atomic mass is 79.9. The molecule has 120 valence electrons. The topological polar surface area (TPSA) is 47.6 Å². The number of hydrogen-bond acceptors (Lipinski definition) is 4. The van der Waals surface area contributed by atoms with Gasteiger partial charge in [-0.2, -0.15) is 0 Å². The molecule has 0 unspecified atom stereocenters. The maximum Gasteiger partial charge on any atom is 0.303 e. The maximum absolute atomic E-state index is 11.1. The van der Waals surface area contributed by atoms with Gasteiger partial charge >= 0.3 is 5.97 Å². The standard InChI is InChI=1S/C18H18BrNO3/c1-11-13(4-3-5-16(11)19)9-20-14-6-7-15-17(8-14)22-10-18(15)23-12(2)21/h3-8,18,20H,9-10H2,1-2H3/t18-/m1/s1. The predicted octanol–water partition coefficient (Wildman–Crippen LogP) is 4.37. The van der Waals surface area contributed by atoms with Crippen molar-refractivity contribution in [3.05, 3.63) is 57.6 Å². The fourth-order valence-electron chi connectivity index (χ4n) is 2.63. The lowest BCUT2D eigenvalue weighted by atomic mass is 10.1. The summed E-state index contributed by atoms with van der Waals surface area (Å²) in [6.45, 7) is 4.62. The average molecular weight is 376 g/mol. The van der Waals surface area contributed by atoms with Crippen molar-refractivity contribution in [3.8, 4) is 5.75 Å². The molecule has 0 amide bonds. The first-order chi connectivity index (χ1) is 11.0. The highest BCUT2D eigenvalue weighted by molar-refractivity contribution is 9.10. The second kappa shape index (κ2) is 6.62. The van der Waals surface area contributed by atoms with Gasteiger partial charge in [0.2, 0.25) is 0 Å². The van der Waals surface area contributed by atoms with Crippen LogP contribution in [0.5, 0.6) is 5.75 Å². The Morgan fingerprint density at radius 1 is 1.39 bits per heavy atom. The van der Waals surface area contributed by atoms with E-state index in [0.717, 1.165) is 28.0 Å². The van der Waals surface area contributed by atoms with Gasteiger partial charge in [0, 0.05) is 35.3 Å². The molecule has 2 aromatic carbocycles. The monoisotopic (exact) mass is 375 g/mol. The van der Waals surface area contributed by atoms with E-state index in [1.54, 1.807) is 0 Å². The second-order valence-corrected chi connectivity index (χ2v) is 6.39. The Morgan fingerprint density at radius 2 is 2.22 bits per heavy atom. The SMILES string of the molecule is CC(=O)O[C@@H]1COc2cc(NCc3cccc(Br)c3C)ccc21. The van der Waals surface area contributed by atoms with Gasteiger partial charge in [-0.3, -0.25) is 4.79 Å². The second-order valence-electron chi connectivity index (χ2n) is 5.54. The number of carbonyl (C=O) groups is 1. The number of hydrogen-bond donors (Lipinski definition) is 1. The Kier molecular flexibility index (Phi) is 4.57. The maximum atomic E-state index is 11.1. The number of anilines is 1. The largest absolute Gasteiger partial charge is 0.489 e. The molecule has 1 heterocycles. The van der Waals surface area contributed by atoms with Crippen LogP contribution in [0.3, 0.4) is 0 Å². The van der Waals surface area contributed by atoms with E-state index in [4.69, 9.17) is 9.47 Å². The molecule has 1 aliphatic heterocycles. The van der Waals surface area contributed by atoms with E-state index >= 15 is 0 Å². The lowest BCUT2D eigenvalue weighted by Gasteiger charge is -2.12. The van der Waals surface area contributed by atoms with Crippen LogP contribution in [0.1, 0.15) is 29.7 Å². The number of ether oxygens (including phenoxy) is 2. The summed E-state index contributed by atoms with van der Waals surface area (Å²) in [7, 11) is 0. The van der Waals surface area contributed by atoms with Crippen LogP contribution in [0.25, 0.3) is 0 Å². The Hall–Kier alpha value is -2.01. The van der Waals surface area contributed by atoms with Gasteiger partial charge in [0.15, 0.2) is 6.10 Å². The van der Waals surface area contributed by atoms with Gasteiger partial charge in [0.05, 0.1) is 0 Å². The zero-order valence-corrected chi connectivity index (χ0v) is 14.6. The summed E-state index contributed by atoms with van der Waals surface area (Å²) in [5.74, 6) is 0.478. The summed E-state index contributed by atoms with van der Waals surface area (Å²) in [4.78, 5) is 11.1. The van der Waals surface area contributed by atoms with Gasteiger partial charge in [-0.05, 0) is 36.2 Å². The molecule has 0 saturated heterocycles. The highest BCUT2D eigenvalue weighted by Gasteiger charge is 2.26. The quantitative estimate of drug-likeness (QED) is 0.806. The Balaban J connectivity index is 1.71. The molecule has 3 rings (SSSR count). The predicted molar refractivity (Wildman–Crippen MR) is 92.6 cm³/mol. The third-order valence-corrected chi connectivity index (χ3v) is 4.78. The summed E-state index contributed by atoms with van der Waals surface area (Å²) in [5, 5.41) is 3.41. The van der Waals surface area contributed by atoms with Crippen molar-refractivity contribution >= 4 is 27.6 Å². The molecule has 4 nitrogen and oxygen atoms in total. The third kappa shape index (κ3) is 3.50. The molecule has 0 radical (unpaired) electrons. The Morgan fingerprint density at radius 3 is 3.00 bits per heavy atom. The Labute approximate surface area is 143 Å². The number of benzene rings is 2. The van der Waals surface area contributed by atoms with E-state index in [9.17, 15) is 4.79 Å². The van der Waals surface area contributed by atoms with Crippen molar-refractivity contribution < 1.29 is 14.3 Å². The van der Waals surface area contributed by atoms with Crippen LogP contribution in [0.15, 0.2) is 40.9 Å². The number of fused-ring (bicyclic) bond motifs is 1. The molecular formula is C18H18BrNO3. The van der Waals surface area contributed by atoms with Crippen molar-refractivity contribution in [2.24, 2.45) is 0 Å². The summed E-state index contributed by atoms with van der Waals surface area (Å²) >= 11 is 3.55. The minimum absolute atomic E-state index is 0.293. The molecule has 2 aromatic rings. The van der Waals surface area contributed by atoms with E-state index in [1.807, 2.05) is 30.3 Å². The Bertz CT molecular complexity index is 745. The zero-order valence-electron chi connectivity index (χ0n) is 13.1. The van der Waals surface area contributed by atoms with Crippen molar-refractivity contribution in [1.29, 1.82) is 0 Å². The molecule has 23 heavy (non-hydrogen) atoms. The number of halogens is 1. The molecule has 0 aliphatic carbocycles. The van der Waals surface area contributed by atoms with Crippen LogP contribution in [-0.4, -0.2) is 12.6 Å². The fourth-order valence-corrected chi connectivity index (χ4v) is 3.04. The molecule has 0 saturated carbocycles.